The van der Waals surface area contributed by atoms with Crippen molar-refractivity contribution in [1.29, 1.82) is 0 Å². The molecule has 2 rings (SSSR count). The highest BCUT2D eigenvalue weighted by molar-refractivity contribution is 7.89. The Morgan fingerprint density at radius 3 is 2.19 bits per heavy atom. The summed E-state index contributed by atoms with van der Waals surface area (Å²) in [4.78, 5) is 4.13. The van der Waals surface area contributed by atoms with Gasteiger partial charge < -0.3 is 5.32 Å². The van der Waals surface area contributed by atoms with E-state index in [-0.39, 0.29) is 31.1 Å². The molecular formula is C11H18N4O4S2. The molecule has 0 saturated carbocycles. The van der Waals surface area contributed by atoms with E-state index < -0.39 is 20.0 Å². The molecule has 118 valence electrons. The lowest BCUT2D eigenvalue weighted by Gasteiger charge is -2.32. The Kier molecular flexibility index (Phi) is 4.51. The third-order valence-corrected chi connectivity index (χ3v) is 6.49. The fourth-order valence-electron chi connectivity index (χ4n) is 2.10. The smallest absolute Gasteiger partial charge is 0.243 e. The van der Waals surface area contributed by atoms with Gasteiger partial charge >= 0.3 is 0 Å². The molecule has 0 radical (unpaired) electrons. The molecule has 0 unspecified atom stereocenters. The predicted molar refractivity (Wildman–Crippen MR) is 79.0 cm³/mol. The lowest BCUT2D eigenvalue weighted by Crippen LogP contribution is -2.50. The number of pyridine rings is 1. The van der Waals surface area contributed by atoms with Crippen LogP contribution in [0.15, 0.2) is 23.2 Å². The molecule has 2 heterocycles. The van der Waals surface area contributed by atoms with Crippen molar-refractivity contribution in [3.05, 3.63) is 18.3 Å². The van der Waals surface area contributed by atoms with Crippen molar-refractivity contribution < 1.29 is 16.8 Å². The fraction of sp³-hybridized carbons (Fsp3) is 0.545. The Hall–Kier alpha value is -1.23. The van der Waals surface area contributed by atoms with Crippen LogP contribution in [0.3, 0.4) is 0 Å². The van der Waals surface area contributed by atoms with Crippen molar-refractivity contribution in [3.63, 3.8) is 0 Å². The third kappa shape index (κ3) is 3.51. The maximum atomic E-state index is 12.5. The molecular weight excluding hydrogens is 316 g/mol. The van der Waals surface area contributed by atoms with Gasteiger partial charge in [-0.3, -0.25) is 0 Å². The Labute approximate surface area is 124 Å². The van der Waals surface area contributed by atoms with Crippen LogP contribution >= 0.6 is 0 Å². The van der Waals surface area contributed by atoms with Crippen molar-refractivity contribution >= 4 is 25.9 Å². The van der Waals surface area contributed by atoms with Crippen LogP contribution in [0.5, 0.6) is 0 Å². The zero-order valence-electron chi connectivity index (χ0n) is 11.9. The second-order valence-corrected chi connectivity index (χ2v) is 8.61. The molecule has 0 aromatic carbocycles. The van der Waals surface area contributed by atoms with E-state index in [0.29, 0.717) is 5.82 Å². The normalized spacial score (nSPS) is 18.6. The molecule has 0 spiro atoms. The molecule has 1 aliphatic rings. The van der Waals surface area contributed by atoms with Crippen LogP contribution in [0.4, 0.5) is 5.82 Å². The van der Waals surface area contributed by atoms with Gasteiger partial charge in [0.25, 0.3) is 0 Å². The van der Waals surface area contributed by atoms with Crippen LogP contribution < -0.4 is 5.32 Å². The molecule has 1 N–H and O–H groups in total. The maximum Gasteiger partial charge on any atom is 0.243 e. The molecule has 1 saturated heterocycles. The number of rotatable bonds is 4. The Bertz CT molecular complexity index is 709. The third-order valence-electron chi connectivity index (χ3n) is 3.29. The van der Waals surface area contributed by atoms with Crippen molar-refractivity contribution in [1.82, 2.24) is 13.6 Å². The van der Waals surface area contributed by atoms with Crippen LogP contribution in [0.2, 0.25) is 0 Å². The molecule has 1 aliphatic heterocycles. The molecule has 21 heavy (non-hydrogen) atoms. The first-order chi connectivity index (χ1) is 9.75. The number of piperazine rings is 1. The van der Waals surface area contributed by atoms with Crippen molar-refractivity contribution in [2.75, 3.05) is 44.8 Å². The minimum Gasteiger partial charge on any atom is -0.373 e. The van der Waals surface area contributed by atoms with Gasteiger partial charge in [0.05, 0.1) is 11.2 Å². The van der Waals surface area contributed by atoms with E-state index in [9.17, 15) is 16.8 Å². The summed E-state index contributed by atoms with van der Waals surface area (Å²) < 4.78 is 50.5. The number of hydrogen-bond acceptors (Lipinski definition) is 6. The molecule has 1 aromatic rings. The average molecular weight is 334 g/mol. The van der Waals surface area contributed by atoms with E-state index in [1.807, 2.05) is 0 Å². The summed E-state index contributed by atoms with van der Waals surface area (Å²) in [6.07, 6.45) is 2.55. The van der Waals surface area contributed by atoms with Crippen LogP contribution in [-0.2, 0) is 20.0 Å². The van der Waals surface area contributed by atoms with E-state index in [1.54, 1.807) is 7.05 Å². The first kappa shape index (κ1) is 16.1. The summed E-state index contributed by atoms with van der Waals surface area (Å²) in [6, 6.07) is 2.89. The van der Waals surface area contributed by atoms with E-state index in [1.165, 1.54) is 26.9 Å². The van der Waals surface area contributed by atoms with Gasteiger partial charge in [-0.2, -0.15) is 8.61 Å². The van der Waals surface area contributed by atoms with E-state index in [4.69, 9.17) is 0 Å². The highest BCUT2D eigenvalue weighted by Gasteiger charge is 2.31. The van der Waals surface area contributed by atoms with E-state index in [2.05, 4.69) is 10.3 Å². The molecule has 1 fully saturated rings. The first-order valence-corrected chi connectivity index (χ1v) is 9.63. The molecule has 1 aromatic heterocycles. The molecule has 8 nitrogen and oxygen atoms in total. The molecule has 0 atom stereocenters. The van der Waals surface area contributed by atoms with Gasteiger partial charge in [0.15, 0.2) is 0 Å². The summed E-state index contributed by atoms with van der Waals surface area (Å²) >= 11 is 0. The number of nitrogens with zero attached hydrogens (tertiary/aromatic N) is 3. The molecule has 10 heteroatoms. The number of hydrogen-bond donors (Lipinski definition) is 1. The number of aromatic nitrogens is 1. The Balaban J connectivity index is 2.18. The average Bonchev–Trinajstić information content (AvgIpc) is 2.46. The van der Waals surface area contributed by atoms with E-state index >= 15 is 0 Å². The van der Waals surface area contributed by atoms with Gasteiger partial charge in [0.1, 0.15) is 5.82 Å². The second kappa shape index (κ2) is 5.87. The zero-order valence-corrected chi connectivity index (χ0v) is 13.5. The van der Waals surface area contributed by atoms with Crippen LogP contribution in [-0.4, -0.2) is 69.9 Å². The highest BCUT2D eigenvalue weighted by Crippen LogP contribution is 2.19. The zero-order chi connectivity index (χ0) is 15.7. The summed E-state index contributed by atoms with van der Waals surface area (Å²) in [6.45, 7) is 0.628. The molecule has 0 aliphatic carbocycles. The van der Waals surface area contributed by atoms with Gasteiger partial charge in [0, 0.05) is 45.5 Å². The minimum atomic E-state index is -3.63. The summed E-state index contributed by atoms with van der Waals surface area (Å²) in [5, 5.41) is 2.79. The summed E-state index contributed by atoms with van der Waals surface area (Å²) in [7, 11) is -5.25. The quantitative estimate of drug-likeness (QED) is 0.788. The van der Waals surface area contributed by atoms with Crippen LogP contribution in [0.1, 0.15) is 0 Å². The van der Waals surface area contributed by atoms with Crippen LogP contribution in [0, 0.1) is 0 Å². The van der Waals surface area contributed by atoms with Crippen molar-refractivity contribution in [2.24, 2.45) is 0 Å². The molecule has 0 bridgehead atoms. The lowest BCUT2D eigenvalue weighted by molar-refractivity contribution is 0.274. The second-order valence-electron chi connectivity index (χ2n) is 4.69. The SMILES string of the molecule is CNc1cc(S(=O)(=O)N2CCN(S(C)(=O)=O)CC2)ccn1. The number of sulfonamides is 2. The standard InChI is InChI=1S/C11H18N4O4S2/c1-12-11-9-10(3-4-13-11)21(18,19)15-7-5-14(6-8-15)20(2,16)17/h3-4,9H,5-8H2,1-2H3,(H,12,13). The largest absolute Gasteiger partial charge is 0.373 e. The van der Waals surface area contributed by atoms with Crippen molar-refractivity contribution in [2.45, 2.75) is 4.90 Å². The minimum absolute atomic E-state index is 0.145. The summed E-state index contributed by atoms with van der Waals surface area (Å²) in [5.74, 6) is 0.464. The Morgan fingerprint density at radius 1 is 1.10 bits per heavy atom. The fourth-order valence-corrected chi connectivity index (χ4v) is 4.36. The number of anilines is 1. The lowest BCUT2D eigenvalue weighted by atomic mass is 10.4. The highest BCUT2D eigenvalue weighted by atomic mass is 32.2. The first-order valence-electron chi connectivity index (χ1n) is 6.34. The van der Waals surface area contributed by atoms with Gasteiger partial charge in [0.2, 0.25) is 20.0 Å². The van der Waals surface area contributed by atoms with Crippen LogP contribution in [0.25, 0.3) is 0 Å². The summed E-state index contributed by atoms with van der Waals surface area (Å²) in [5.41, 5.74) is 0. The monoisotopic (exact) mass is 334 g/mol. The van der Waals surface area contributed by atoms with Gasteiger partial charge in [-0.15, -0.1) is 0 Å². The Morgan fingerprint density at radius 2 is 1.67 bits per heavy atom. The van der Waals surface area contributed by atoms with Gasteiger partial charge in [-0.05, 0) is 6.07 Å². The van der Waals surface area contributed by atoms with Crippen molar-refractivity contribution in [3.8, 4) is 0 Å². The number of nitrogens with one attached hydrogen (secondary N) is 1. The van der Waals surface area contributed by atoms with Gasteiger partial charge in [-0.25, -0.2) is 21.8 Å². The topological polar surface area (TPSA) is 99.7 Å². The van der Waals surface area contributed by atoms with Gasteiger partial charge in [-0.1, -0.05) is 0 Å². The maximum absolute atomic E-state index is 12.5. The molecule has 0 amide bonds. The predicted octanol–water partition coefficient (Wildman–Crippen LogP) is -0.611. The van der Waals surface area contributed by atoms with E-state index in [0.717, 1.165) is 6.26 Å².